The lowest BCUT2D eigenvalue weighted by Crippen LogP contribution is -2.08. The van der Waals surface area contributed by atoms with Crippen molar-refractivity contribution in [2.24, 2.45) is 11.8 Å². The summed E-state index contributed by atoms with van der Waals surface area (Å²) in [6, 6.07) is 0. The summed E-state index contributed by atoms with van der Waals surface area (Å²) in [5, 5.41) is 9.29. The van der Waals surface area contributed by atoms with Gasteiger partial charge in [-0.05, 0) is 24.7 Å². The second kappa shape index (κ2) is 2.53. The average molecular weight is 126 g/mol. The van der Waals surface area contributed by atoms with Gasteiger partial charge in [0.05, 0.1) is 6.10 Å². The third kappa shape index (κ3) is 1.55. The highest BCUT2D eigenvalue weighted by Gasteiger charge is 2.37. The fourth-order valence-electron chi connectivity index (χ4n) is 1.23. The number of aliphatic hydroxyl groups is 1. The average Bonchev–Trinajstić information content (AvgIpc) is 2.47. The van der Waals surface area contributed by atoms with Crippen LogP contribution in [0.1, 0.15) is 19.8 Å². The van der Waals surface area contributed by atoms with E-state index in [0.29, 0.717) is 5.92 Å². The van der Waals surface area contributed by atoms with Gasteiger partial charge in [-0.25, -0.2) is 0 Å². The Hall–Kier alpha value is -0.300. The van der Waals surface area contributed by atoms with Crippen molar-refractivity contribution in [1.29, 1.82) is 0 Å². The molecule has 0 aliphatic heterocycles. The predicted molar refractivity (Wildman–Crippen MR) is 38.1 cm³/mol. The Balaban J connectivity index is 2.18. The molecule has 1 aliphatic rings. The van der Waals surface area contributed by atoms with E-state index in [1.165, 1.54) is 6.42 Å². The highest BCUT2D eigenvalue weighted by atomic mass is 16.3. The van der Waals surface area contributed by atoms with Crippen molar-refractivity contribution in [3.05, 3.63) is 12.7 Å². The van der Waals surface area contributed by atoms with Crippen LogP contribution in [0.25, 0.3) is 0 Å². The van der Waals surface area contributed by atoms with Crippen LogP contribution in [0.5, 0.6) is 0 Å². The second-order valence-electron chi connectivity index (χ2n) is 2.97. The summed E-state index contributed by atoms with van der Waals surface area (Å²) in [7, 11) is 0. The van der Waals surface area contributed by atoms with Crippen molar-refractivity contribution in [1.82, 2.24) is 0 Å². The van der Waals surface area contributed by atoms with Gasteiger partial charge in [0.1, 0.15) is 0 Å². The highest BCUT2D eigenvalue weighted by molar-refractivity contribution is 4.90. The van der Waals surface area contributed by atoms with Gasteiger partial charge in [-0.1, -0.05) is 13.0 Å². The molecule has 3 atom stereocenters. The summed E-state index contributed by atoms with van der Waals surface area (Å²) in [6.07, 6.45) is 3.64. The van der Waals surface area contributed by atoms with Gasteiger partial charge in [-0.2, -0.15) is 0 Å². The maximum Gasteiger partial charge on any atom is 0.0605 e. The van der Waals surface area contributed by atoms with Crippen LogP contribution in [0.4, 0.5) is 0 Å². The molecule has 0 amide bonds. The summed E-state index contributed by atoms with van der Waals surface area (Å²) in [6.45, 7) is 5.75. The van der Waals surface area contributed by atoms with E-state index in [1.807, 2.05) is 0 Å². The standard InChI is InChI=1S/C8H14O/c1-3-4-8(9)7-5-6(7)2/h3,6-9H,1,4-5H2,2H3/t6-,7-,8+/m1/s1. The van der Waals surface area contributed by atoms with Gasteiger partial charge in [0.15, 0.2) is 0 Å². The van der Waals surface area contributed by atoms with Crippen LogP contribution in [0.2, 0.25) is 0 Å². The van der Waals surface area contributed by atoms with Crippen molar-refractivity contribution in [3.63, 3.8) is 0 Å². The first kappa shape index (κ1) is 6.81. The summed E-state index contributed by atoms with van der Waals surface area (Å²) in [5.74, 6) is 1.32. The van der Waals surface area contributed by atoms with Gasteiger partial charge in [-0.15, -0.1) is 6.58 Å². The lowest BCUT2D eigenvalue weighted by atomic mass is 10.1. The third-order valence-corrected chi connectivity index (χ3v) is 2.07. The molecule has 1 aliphatic carbocycles. The zero-order chi connectivity index (χ0) is 6.85. The van der Waals surface area contributed by atoms with Crippen LogP contribution >= 0.6 is 0 Å². The molecule has 1 heteroatoms. The minimum atomic E-state index is -0.113. The van der Waals surface area contributed by atoms with Crippen LogP contribution in [-0.4, -0.2) is 11.2 Å². The van der Waals surface area contributed by atoms with Crippen LogP contribution in [0.3, 0.4) is 0 Å². The van der Waals surface area contributed by atoms with Crippen molar-refractivity contribution in [3.8, 4) is 0 Å². The summed E-state index contributed by atoms with van der Waals surface area (Å²) in [4.78, 5) is 0. The van der Waals surface area contributed by atoms with Crippen molar-refractivity contribution in [2.75, 3.05) is 0 Å². The number of rotatable bonds is 3. The van der Waals surface area contributed by atoms with Gasteiger partial charge in [0.25, 0.3) is 0 Å². The van der Waals surface area contributed by atoms with Gasteiger partial charge < -0.3 is 5.11 Å². The Morgan fingerprint density at radius 1 is 1.89 bits per heavy atom. The molecule has 1 nitrogen and oxygen atoms in total. The first-order valence-corrected chi connectivity index (χ1v) is 3.54. The first-order chi connectivity index (χ1) is 4.25. The molecule has 0 saturated heterocycles. The Kier molecular flexibility index (Phi) is 1.91. The van der Waals surface area contributed by atoms with Crippen molar-refractivity contribution >= 4 is 0 Å². The van der Waals surface area contributed by atoms with Gasteiger partial charge >= 0.3 is 0 Å². The lowest BCUT2D eigenvalue weighted by molar-refractivity contribution is 0.149. The van der Waals surface area contributed by atoms with E-state index in [-0.39, 0.29) is 6.10 Å². The van der Waals surface area contributed by atoms with E-state index >= 15 is 0 Å². The van der Waals surface area contributed by atoms with E-state index in [0.717, 1.165) is 12.3 Å². The Morgan fingerprint density at radius 3 is 2.78 bits per heavy atom. The Morgan fingerprint density at radius 2 is 2.44 bits per heavy atom. The van der Waals surface area contributed by atoms with E-state index in [9.17, 15) is 5.11 Å². The van der Waals surface area contributed by atoms with E-state index < -0.39 is 0 Å². The molecule has 9 heavy (non-hydrogen) atoms. The van der Waals surface area contributed by atoms with Crippen LogP contribution in [0.15, 0.2) is 12.7 Å². The smallest absolute Gasteiger partial charge is 0.0605 e. The van der Waals surface area contributed by atoms with E-state index in [1.54, 1.807) is 6.08 Å². The van der Waals surface area contributed by atoms with Crippen molar-refractivity contribution < 1.29 is 5.11 Å². The topological polar surface area (TPSA) is 20.2 Å². The number of hydrogen-bond acceptors (Lipinski definition) is 1. The van der Waals surface area contributed by atoms with E-state index in [4.69, 9.17) is 0 Å². The molecule has 0 heterocycles. The molecular formula is C8H14O. The molecule has 0 spiro atoms. The molecular weight excluding hydrogens is 112 g/mol. The molecule has 0 aromatic heterocycles. The van der Waals surface area contributed by atoms with Gasteiger partial charge in [0, 0.05) is 0 Å². The van der Waals surface area contributed by atoms with E-state index in [2.05, 4.69) is 13.5 Å². The van der Waals surface area contributed by atoms with Gasteiger partial charge in [-0.3, -0.25) is 0 Å². The summed E-state index contributed by atoms with van der Waals surface area (Å²) >= 11 is 0. The largest absolute Gasteiger partial charge is 0.393 e. The SMILES string of the molecule is C=CC[C@H](O)[C@@H]1C[C@H]1C. The highest BCUT2D eigenvalue weighted by Crippen LogP contribution is 2.41. The fraction of sp³-hybridized carbons (Fsp3) is 0.750. The zero-order valence-electron chi connectivity index (χ0n) is 5.88. The van der Waals surface area contributed by atoms with Crippen LogP contribution < -0.4 is 0 Å². The maximum absolute atomic E-state index is 9.29. The fourth-order valence-corrected chi connectivity index (χ4v) is 1.23. The molecule has 1 fully saturated rings. The molecule has 52 valence electrons. The zero-order valence-corrected chi connectivity index (χ0v) is 5.88. The number of aliphatic hydroxyl groups excluding tert-OH is 1. The first-order valence-electron chi connectivity index (χ1n) is 3.54. The molecule has 1 rings (SSSR count). The molecule has 0 radical (unpaired) electrons. The normalized spacial score (nSPS) is 35.8. The molecule has 0 unspecified atom stereocenters. The minimum Gasteiger partial charge on any atom is -0.393 e. The minimum absolute atomic E-state index is 0.113. The van der Waals surface area contributed by atoms with Crippen molar-refractivity contribution in [2.45, 2.75) is 25.9 Å². The monoisotopic (exact) mass is 126 g/mol. The molecule has 1 N–H and O–H groups in total. The van der Waals surface area contributed by atoms with Gasteiger partial charge in [0.2, 0.25) is 0 Å². The predicted octanol–water partition coefficient (Wildman–Crippen LogP) is 1.58. The third-order valence-electron chi connectivity index (χ3n) is 2.07. The molecule has 1 saturated carbocycles. The molecule has 0 aromatic rings. The maximum atomic E-state index is 9.29. The summed E-state index contributed by atoms with van der Waals surface area (Å²) < 4.78 is 0. The quantitative estimate of drug-likeness (QED) is 0.569. The summed E-state index contributed by atoms with van der Waals surface area (Å²) in [5.41, 5.74) is 0. The second-order valence-corrected chi connectivity index (χ2v) is 2.97. The Bertz CT molecular complexity index is 109. The van der Waals surface area contributed by atoms with Crippen LogP contribution in [0, 0.1) is 11.8 Å². The lowest BCUT2D eigenvalue weighted by Gasteiger charge is -2.03. The Labute approximate surface area is 56.4 Å². The number of hydrogen-bond donors (Lipinski definition) is 1. The molecule has 0 bridgehead atoms. The van der Waals surface area contributed by atoms with Crippen LogP contribution in [-0.2, 0) is 0 Å². The molecule has 0 aromatic carbocycles.